The lowest BCUT2D eigenvalue weighted by Crippen LogP contribution is -2.53. The van der Waals surface area contributed by atoms with Gasteiger partial charge in [-0.2, -0.15) is 0 Å². The van der Waals surface area contributed by atoms with Crippen molar-refractivity contribution in [3.05, 3.63) is 59.7 Å². The highest BCUT2D eigenvalue weighted by Gasteiger charge is 2.33. The molecule has 0 radical (unpaired) electrons. The van der Waals surface area contributed by atoms with Gasteiger partial charge in [0.2, 0.25) is 0 Å². The van der Waals surface area contributed by atoms with E-state index in [4.69, 9.17) is 4.74 Å². The number of hydrogen-bond acceptors (Lipinski definition) is 5. The molecule has 1 fully saturated rings. The Bertz CT molecular complexity index is 869. The highest BCUT2D eigenvalue weighted by atomic mass is 32.1. The maximum atomic E-state index is 13.6. The number of anilines is 1. The topological polar surface area (TPSA) is 42.4 Å². The summed E-state index contributed by atoms with van der Waals surface area (Å²) in [7, 11) is 0. The Kier molecular flexibility index (Phi) is 3.65. The molecule has 0 saturated carbocycles. The van der Waals surface area contributed by atoms with E-state index in [1.54, 1.807) is 11.3 Å². The number of benzene rings is 2. The van der Waals surface area contributed by atoms with Crippen LogP contribution in [0.4, 0.5) is 13.9 Å². The Morgan fingerprint density at radius 1 is 1.12 bits per heavy atom. The van der Waals surface area contributed by atoms with E-state index in [2.05, 4.69) is 4.98 Å². The molecule has 1 aromatic heterocycles. The van der Waals surface area contributed by atoms with E-state index in [0.717, 1.165) is 27.5 Å². The number of carbonyl (C=O) groups excluding carboxylic acids is 1. The highest BCUT2D eigenvalue weighted by molar-refractivity contribution is 7.22. The van der Waals surface area contributed by atoms with Crippen molar-refractivity contribution in [1.29, 1.82) is 0 Å². The van der Waals surface area contributed by atoms with Gasteiger partial charge in [0.05, 0.1) is 23.3 Å². The van der Waals surface area contributed by atoms with Crippen molar-refractivity contribution in [3.8, 4) is 0 Å². The Labute approximate surface area is 140 Å². The fourth-order valence-electron chi connectivity index (χ4n) is 2.57. The number of carbonyl (C=O) groups is 1. The second-order valence-corrected chi connectivity index (χ2v) is 6.50. The van der Waals surface area contributed by atoms with Gasteiger partial charge in [-0.25, -0.2) is 18.6 Å². The Morgan fingerprint density at radius 3 is 2.54 bits per heavy atom. The lowest BCUT2D eigenvalue weighted by Gasteiger charge is -2.38. The molecule has 1 aliphatic rings. The number of rotatable bonds is 3. The van der Waals surface area contributed by atoms with E-state index < -0.39 is 29.3 Å². The van der Waals surface area contributed by atoms with Crippen molar-refractivity contribution in [3.63, 3.8) is 0 Å². The molecule has 2 heterocycles. The van der Waals surface area contributed by atoms with Crippen molar-refractivity contribution in [2.24, 2.45) is 0 Å². The molecule has 0 amide bonds. The SMILES string of the molecule is O=C(OC1CN(c2nc3ccccc3s2)C1)c1c(F)cccc1F. The van der Waals surface area contributed by atoms with Gasteiger partial charge < -0.3 is 9.64 Å². The van der Waals surface area contributed by atoms with Gasteiger partial charge >= 0.3 is 5.97 Å². The van der Waals surface area contributed by atoms with Crippen LogP contribution in [0.25, 0.3) is 10.2 Å². The zero-order chi connectivity index (χ0) is 16.7. The van der Waals surface area contributed by atoms with Crippen LogP contribution >= 0.6 is 11.3 Å². The minimum absolute atomic E-state index is 0.400. The summed E-state index contributed by atoms with van der Waals surface area (Å²) >= 11 is 1.56. The summed E-state index contributed by atoms with van der Waals surface area (Å²) in [6.45, 7) is 0.920. The van der Waals surface area contributed by atoms with Crippen LogP contribution in [0.3, 0.4) is 0 Å². The first-order valence-electron chi connectivity index (χ1n) is 7.37. The molecule has 0 aliphatic carbocycles. The molecule has 4 nitrogen and oxygen atoms in total. The Balaban J connectivity index is 1.42. The predicted molar refractivity (Wildman–Crippen MR) is 87.4 cm³/mol. The second-order valence-electron chi connectivity index (χ2n) is 5.49. The van der Waals surface area contributed by atoms with Crippen molar-refractivity contribution >= 4 is 32.7 Å². The maximum absolute atomic E-state index is 13.6. The number of fused-ring (bicyclic) bond motifs is 1. The molecule has 1 saturated heterocycles. The molecule has 3 aromatic rings. The van der Waals surface area contributed by atoms with Crippen LogP contribution in [0.5, 0.6) is 0 Å². The predicted octanol–water partition coefficient (Wildman–Crippen LogP) is 3.62. The number of esters is 1. The summed E-state index contributed by atoms with van der Waals surface area (Å²) in [6.07, 6.45) is -0.400. The van der Waals surface area contributed by atoms with E-state index in [-0.39, 0.29) is 0 Å². The highest BCUT2D eigenvalue weighted by Crippen LogP contribution is 2.32. The van der Waals surface area contributed by atoms with Crippen LogP contribution in [-0.2, 0) is 4.74 Å². The molecule has 0 unspecified atom stereocenters. The lowest BCUT2D eigenvalue weighted by molar-refractivity contribution is 0.0224. The number of nitrogens with zero attached hydrogens (tertiary/aromatic N) is 2. The first kappa shape index (κ1) is 15.0. The summed E-state index contributed by atoms with van der Waals surface area (Å²) in [4.78, 5) is 18.4. The van der Waals surface area contributed by atoms with Gasteiger partial charge in [-0.1, -0.05) is 29.5 Å². The third kappa shape index (κ3) is 2.60. The first-order valence-corrected chi connectivity index (χ1v) is 8.19. The second kappa shape index (κ2) is 5.83. The quantitative estimate of drug-likeness (QED) is 0.680. The summed E-state index contributed by atoms with van der Waals surface area (Å²) < 4.78 is 33.4. The number of thiazole rings is 1. The van der Waals surface area contributed by atoms with Gasteiger partial charge in [0.1, 0.15) is 23.3 Å². The van der Waals surface area contributed by atoms with Gasteiger partial charge in [0.15, 0.2) is 5.13 Å². The van der Waals surface area contributed by atoms with Crippen LogP contribution in [-0.4, -0.2) is 30.1 Å². The van der Waals surface area contributed by atoms with Crippen LogP contribution in [0.2, 0.25) is 0 Å². The number of hydrogen-bond donors (Lipinski definition) is 0. The summed E-state index contributed by atoms with van der Waals surface area (Å²) in [5.41, 5.74) is 0.280. The van der Waals surface area contributed by atoms with Gasteiger partial charge in [0, 0.05) is 0 Å². The molecule has 1 aliphatic heterocycles. The molecule has 0 spiro atoms. The minimum Gasteiger partial charge on any atom is -0.455 e. The largest absolute Gasteiger partial charge is 0.455 e. The van der Waals surface area contributed by atoms with Crippen LogP contribution in [0.1, 0.15) is 10.4 Å². The number of halogens is 2. The lowest BCUT2D eigenvalue weighted by atomic mass is 10.1. The maximum Gasteiger partial charge on any atom is 0.344 e. The van der Waals surface area contributed by atoms with Gasteiger partial charge in [-0.05, 0) is 24.3 Å². The average molecular weight is 346 g/mol. The van der Waals surface area contributed by atoms with E-state index in [1.165, 1.54) is 6.07 Å². The van der Waals surface area contributed by atoms with E-state index in [0.29, 0.717) is 13.1 Å². The smallest absolute Gasteiger partial charge is 0.344 e. The summed E-state index contributed by atoms with van der Waals surface area (Å²) in [5.74, 6) is -2.80. The molecule has 0 atom stereocenters. The van der Waals surface area contributed by atoms with E-state index in [1.807, 2.05) is 29.2 Å². The molecule has 24 heavy (non-hydrogen) atoms. The zero-order valence-corrected chi connectivity index (χ0v) is 13.2. The van der Waals surface area contributed by atoms with Gasteiger partial charge in [-0.3, -0.25) is 0 Å². The van der Waals surface area contributed by atoms with Crippen LogP contribution in [0, 0.1) is 11.6 Å². The van der Waals surface area contributed by atoms with Crippen molar-refractivity contribution in [1.82, 2.24) is 4.98 Å². The minimum atomic E-state index is -0.973. The van der Waals surface area contributed by atoms with E-state index >= 15 is 0 Å². The molecular weight excluding hydrogens is 334 g/mol. The fraction of sp³-hybridized carbons (Fsp3) is 0.176. The molecule has 4 rings (SSSR count). The fourth-order valence-corrected chi connectivity index (χ4v) is 3.55. The average Bonchev–Trinajstić information content (AvgIpc) is 2.93. The van der Waals surface area contributed by atoms with Crippen LogP contribution in [0.15, 0.2) is 42.5 Å². The third-order valence-electron chi connectivity index (χ3n) is 3.84. The molecule has 2 aromatic carbocycles. The first-order chi connectivity index (χ1) is 11.6. The van der Waals surface area contributed by atoms with Crippen molar-refractivity contribution < 1.29 is 18.3 Å². The number of para-hydroxylation sites is 1. The third-order valence-corrected chi connectivity index (χ3v) is 4.94. The Hall–Kier alpha value is -2.54. The summed E-state index contributed by atoms with van der Waals surface area (Å²) in [6, 6.07) is 11.1. The standard InChI is InChI=1S/C17H12F2N2O2S/c18-11-4-3-5-12(19)15(11)16(22)23-10-8-21(9-10)17-20-13-6-1-2-7-14(13)24-17/h1-7,10H,8-9H2. The molecule has 0 N–H and O–H groups in total. The Morgan fingerprint density at radius 2 is 1.83 bits per heavy atom. The summed E-state index contributed by atoms with van der Waals surface area (Å²) in [5, 5.41) is 0.848. The van der Waals surface area contributed by atoms with Crippen molar-refractivity contribution in [2.45, 2.75) is 6.10 Å². The molecule has 0 bridgehead atoms. The number of aromatic nitrogens is 1. The molecular formula is C17H12F2N2O2S. The zero-order valence-electron chi connectivity index (χ0n) is 12.4. The monoisotopic (exact) mass is 346 g/mol. The van der Waals surface area contributed by atoms with Gasteiger partial charge in [0.25, 0.3) is 0 Å². The van der Waals surface area contributed by atoms with Gasteiger partial charge in [-0.15, -0.1) is 0 Å². The molecule has 122 valence electrons. The number of ether oxygens (including phenoxy) is 1. The molecule has 7 heteroatoms. The van der Waals surface area contributed by atoms with Crippen molar-refractivity contribution in [2.75, 3.05) is 18.0 Å². The van der Waals surface area contributed by atoms with E-state index in [9.17, 15) is 13.6 Å². The normalized spacial score (nSPS) is 14.7. The van der Waals surface area contributed by atoms with Crippen LogP contribution < -0.4 is 4.90 Å².